The predicted octanol–water partition coefficient (Wildman–Crippen LogP) is 5.79. The third kappa shape index (κ3) is 5.50. The fourth-order valence-electron chi connectivity index (χ4n) is 3.80. The van der Waals surface area contributed by atoms with Gasteiger partial charge in [0.25, 0.3) is 0 Å². The molecular formula is C28H22FN5OS. The van der Waals surface area contributed by atoms with E-state index in [9.17, 15) is 9.18 Å². The first-order valence-corrected chi connectivity index (χ1v) is 12.3. The SMILES string of the molecule is O=C(CSc1nnc(-c2ccncc2)n1-c1ccc(F)cc1)Nc1ccccc1Cc1ccccc1. The van der Waals surface area contributed by atoms with E-state index in [-0.39, 0.29) is 17.5 Å². The molecule has 0 fully saturated rings. The van der Waals surface area contributed by atoms with Gasteiger partial charge < -0.3 is 5.32 Å². The highest BCUT2D eigenvalue weighted by Crippen LogP contribution is 2.28. The molecule has 0 aliphatic carbocycles. The predicted molar refractivity (Wildman–Crippen MR) is 140 cm³/mol. The minimum atomic E-state index is -0.333. The molecule has 2 aromatic heterocycles. The number of benzene rings is 3. The van der Waals surface area contributed by atoms with Crippen LogP contribution in [-0.2, 0) is 11.2 Å². The van der Waals surface area contributed by atoms with Gasteiger partial charge in [-0.3, -0.25) is 14.3 Å². The van der Waals surface area contributed by atoms with Crippen LogP contribution in [0.4, 0.5) is 10.1 Å². The van der Waals surface area contributed by atoms with Gasteiger partial charge in [0.2, 0.25) is 5.91 Å². The Morgan fingerprint density at radius 2 is 1.58 bits per heavy atom. The van der Waals surface area contributed by atoms with Crippen molar-refractivity contribution in [3.05, 3.63) is 120 Å². The Labute approximate surface area is 212 Å². The molecule has 5 rings (SSSR count). The molecule has 0 unspecified atom stereocenters. The van der Waals surface area contributed by atoms with Crippen LogP contribution in [0.3, 0.4) is 0 Å². The Morgan fingerprint density at radius 3 is 2.36 bits per heavy atom. The van der Waals surface area contributed by atoms with E-state index in [1.165, 1.54) is 29.5 Å². The van der Waals surface area contributed by atoms with Crippen molar-refractivity contribution in [1.29, 1.82) is 0 Å². The second-order valence-electron chi connectivity index (χ2n) is 8.01. The maximum atomic E-state index is 13.6. The Bertz CT molecular complexity index is 1460. The molecule has 0 aliphatic heterocycles. The van der Waals surface area contributed by atoms with Crippen molar-refractivity contribution in [3.8, 4) is 17.1 Å². The Hall–Kier alpha value is -4.30. The van der Waals surface area contributed by atoms with Gasteiger partial charge in [-0.05, 0) is 60.0 Å². The number of pyridine rings is 1. The number of hydrogen-bond donors (Lipinski definition) is 1. The highest BCUT2D eigenvalue weighted by Gasteiger charge is 2.18. The van der Waals surface area contributed by atoms with Crippen molar-refractivity contribution >= 4 is 23.4 Å². The normalized spacial score (nSPS) is 10.8. The average Bonchev–Trinajstić information content (AvgIpc) is 3.34. The number of thioether (sulfide) groups is 1. The summed E-state index contributed by atoms with van der Waals surface area (Å²) < 4.78 is 15.4. The molecule has 36 heavy (non-hydrogen) atoms. The first kappa shape index (κ1) is 23.4. The van der Waals surface area contributed by atoms with Gasteiger partial charge in [0.15, 0.2) is 11.0 Å². The Morgan fingerprint density at radius 1 is 0.861 bits per heavy atom. The van der Waals surface area contributed by atoms with E-state index in [2.05, 4.69) is 32.6 Å². The Balaban J connectivity index is 1.35. The largest absolute Gasteiger partial charge is 0.325 e. The first-order chi connectivity index (χ1) is 17.7. The van der Waals surface area contributed by atoms with Crippen LogP contribution in [0.1, 0.15) is 11.1 Å². The molecule has 1 amide bonds. The average molecular weight is 496 g/mol. The number of amides is 1. The van der Waals surface area contributed by atoms with Gasteiger partial charge in [-0.15, -0.1) is 10.2 Å². The molecule has 0 spiro atoms. The zero-order valence-electron chi connectivity index (χ0n) is 19.2. The van der Waals surface area contributed by atoms with Crippen LogP contribution in [0.15, 0.2) is 109 Å². The molecule has 8 heteroatoms. The van der Waals surface area contributed by atoms with E-state index in [1.54, 1.807) is 24.5 Å². The van der Waals surface area contributed by atoms with E-state index in [0.29, 0.717) is 16.7 Å². The van der Waals surface area contributed by atoms with Crippen molar-refractivity contribution in [1.82, 2.24) is 19.7 Å². The Kier molecular flexibility index (Phi) is 7.14. The number of nitrogens with one attached hydrogen (secondary N) is 1. The molecule has 0 atom stereocenters. The number of halogens is 1. The third-order valence-electron chi connectivity index (χ3n) is 5.52. The summed E-state index contributed by atoms with van der Waals surface area (Å²) in [4.78, 5) is 17.0. The summed E-state index contributed by atoms with van der Waals surface area (Å²) in [5.41, 5.74) is 4.50. The second-order valence-corrected chi connectivity index (χ2v) is 8.95. The number of hydrogen-bond acceptors (Lipinski definition) is 5. The highest BCUT2D eigenvalue weighted by atomic mass is 32.2. The minimum Gasteiger partial charge on any atom is -0.325 e. The number of rotatable bonds is 8. The lowest BCUT2D eigenvalue weighted by Gasteiger charge is -2.12. The lowest BCUT2D eigenvalue weighted by molar-refractivity contribution is -0.113. The van der Waals surface area contributed by atoms with Crippen LogP contribution in [0, 0.1) is 5.82 Å². The van der Waals surface area contributed by atoms with E-state index < -0.39 is 0 Å². The first-order valence-electron chi connectivity index (χ1n) is 11.3. The maximum absolute atomic E-state index is 13.6. The number of carbonyl (C=O) groups is 1. The number of nitrogens with zero attached hydrogens (tertiary/aromatic N) is 4. The summed E-state index contributed by atoms with van der Waals surface area (Å²) in [6.07, 6.45) is 4.07. The molecular weight excluding hydrogens is 473 g/mol. The molecule has 1 N–H and O–H groups in total. The second kappa shape index (κ2) is 11.0. The standard InChI is InChI=1S/C28H22FN5OS/c29-23-10-12-24(13-11-23)34-27(21-14-16-30-17-15-21)32-33-28(34)36-19-26(35)31-25-9-5-4-8-22(25)18-20-6-2-1-3-7-20/h1-17H,18-19H2,(H,31,35). The minimum absolute atomic E-state index is 0.134. The molecule has 0 bridgehead atoms. The quantitative estimate of drug-likeness (QED) is 0.276. The zero-order chi connectivity index (χ0) is 24.7. The molecule has 0 aliphatic rings. The van der Waals surface area contributed by atoms with Crippen molar-refractivity contribution in [2.45, 2.75) is 11.6 Å². The van der Waals surface area contributed by atoms with Gasteiger partial charge >= 0.3 is 0 Å². The molecule has 2 heterocycles. The van der Waals surface area contributed by atoms with Crippen molar-refractivity contribution < 1.29 is 9.18 Å². The number of anilines is 1. The number of carbonyl (C=O) groups excluding carboxylic acids is 1. The highest BCUT2D eigenvalue weighted by molar-refractivity contribution is 7.99. The maximum Gasteiger partial charge on any atom is 0.234 e. The molecule has 178 valence electrons. The van der Waals surface area contributed by atoms with Crippen LogP contribution in [0.2, 0.25) is 0 Å². The molecule has 3 aromatic carbocycles. The van der Waals surface area contributed by atoms with Crippen LogP contribution >= 0.6 is 11.8 Å². The van der Waals surface area contributed by atoms with Gasteiger partial charge in [0, 0.05) is 29.3 Å². The van der Waals surface area contributed by atoms with Crippen LogP contribution in [0.25, 0.3) is 17.1 Å². The fourth-order valence-corrected chi connectivity index (χ4v) is 4.55. The van der Waals surface area contributed by atoms with Crippen LogP contribution in [0.5, 0.6) is 0 Å². The van der Waals surface area contributed by atoms with Crippen LogP contribution in [-0.4, -0.2) is 31.4 Å². The number of para-hydroxylation sites is 1. The van der Waals surface area contributed by atoms with Crippen molar-refractivity contribution in [3.63, 3.8) is 0 Å². The summed E-state index contributed by atoms with van der Waals surface area (Å²) in [7, 11) is 0. The van der Waals surface area contributed by atoms with E-state index in [1.807, 2.05) is 59.2 Å². The van der Waals surface area contributed by atoms with Gasteiger partial charge in [-0.2, -0.15) is 0 Å². The van der Waals surface area contributed by atoms with Gasteiger partial charge in [-0.1, -0.05) is 60.3 Å². The van der Waals surface area contributed by atoms with Crippen molar-refractivity contribution in [2.75, 3.05) is 11.1 Å². The van der Waals surface area contributed by atoms with E-state index in [4.69, 9.17) is 0 Å². The number of aromatic nitrogens is 4. The summed E-state index contributed by atoms with van der Waals surface area (Å²) in [6, 6.07) is 27.7. The van der Waals surface area contributed by atoms with E-state index in [0.717, 1.165) is 23.2 Å². The van der Waals surface area contributed by atoms with Crippen molar-refractivity contribution in [2.24, 2.45) is 0 Å². The topological polar surface area (TPSA) is 72.7 Å². The third-order valence-corrected chi connectivity index (χ3v) is 6.45. The smallest absolute Gasteiger partial charge is 0.234 e. The summed E-state index contributed by atoms with van der Waals surface area (Å²) in [5, 5.41) is 12.2. The lowest BCUT2D eigenvalue weighted by Crippen LogP contribution is -2.16. The monoisotopic (exact) mass is 495 g/mol. The molecule has 0 radical (unpaired) electrons. The molecule has 6 nitrogen and oxygen atoms in total. The molecule has 0 saturated carbocycles. The summed E-state index contributed by atoms with van der Waals surface area (Å²) >= 11 is 1.27. The van der Waals surface area contributed by atoms with Gasteiger partial charge in [0.1, 0.15) is 5.82 Å². The van der Waals surface area contributed by atoms with Crippen LogP contribution < -0.4 is 5.32 Å². The fraction of sp³-hybridized carbons (Fsp3) is 0.0714. The lowest BCUT2D eigenvalue weighted by atomic mass is 10.0. The van der Waals surface area contributed by atoms with Gasteiger partial charge in [0.05, 0.1) is 5.75 Å². The summed E-state index contributed by atoms with van der Waals surface area (Å²) in [5.74, 6) is 0.231. The summed E-state index contributed by atoms with van der Waals surface area (Å²) in [6.45, 7) is 0. The van der Waals surface area contributed by atoms with Gasteiger partial charge in [-0.25, -0.2) is 4.39 Å². The molecule has 0 saturated heterocycles. The molecule has 5 aromatic rings. The zero-order valence-corrected chi connectivity index (χ0v) is 20.0. The van der Waals surface area contributed by atoms with E-state index >= 15 is 0 Å².